The van der Waals surface area contributed by atoms with Gasteiger partial charge < -0.3 is 0 Å². The molecule has 1 fully saturated rings. The molecule has 11 radical (unpaired) electrons. The Bertz CT molecular complexity index is 472. The molecule has 1 aromatic heterocycles. The summed E-state index contributed by atoms with van der Waals surface area (Å²) in [5.74, 6) is 0. The third kappa shape index (κ3) is 2.39. The van der Waals surface area contributed by atoms with Gasteiger partial charge in [-0.2, -0.15) is 0 Å². The highest BCUT2D eigenvalue weighted by molar-refractivity contribution is 7.54. The lowest BCUT2D eigenvalue weighted by Gasteiger charge is -2.43. The number of pyridine rings is 1. The van der Waals surface area contributed by atoms with Crippen LogP contribution in [0, 0.1) is 0 Å². The Hall–Kier alpha value is -0.201. The lowest BCUT2D eigenvalue weighted by atomic mass is 8.84. The molecule has 2 rings (SSSR count). The normalized spacial score (nSPS) is 17.8. The largest absolute Gasteiger partial charge is 0.221 e. The number of hydrogen-bond donors (Lipinski definition) is 0. The molecule has 1 atom stereocenters. The van der Waals surface area contributed by atoms with E-state index in [0.29, 0.717) is 13.2 Å². The van der Waals surface area contributed by atoms with Gasteiger partial charge in [-0.1, -0.05) is 12.9 Å². The second kappa shape index (κ2) is 5.89. The van der Waals surface area contributed by atoms with E-state index in [0.717, 1.165) is 0 Å². The summed E-state index contributed by atoms with van der Waals surface area (Å²) in [6, 6.07) is 6.12. The molecule has 1 aliphatic heterocycles. The first-order chi connectivity index (χ1) is 9.37. The lowest BCUT2D eigenvalue weighted by molar-refractivity contribution is -0.654. The maximum absolute atomic E-state index is 5.96. The molecule has 0 aromatic carbocycles. The molecular formula is C9H11B10N+. The Labute approximate surface area is 131 Å². The molecule has 0 saturated carbocycles. The number of aryl methyl sites for hydroxylation is 1. The van der Waals surface area contributed by atoms with Crippen LogP contribution in [0.2, 0.25) is 17.7 Å². The van der Waals surface area contributed by atoms with Gasteiger partial charge in [-0.3, -0.25) is 0 Å². The third-order valence-electron chi connectivity index (χ3n) is 4.84. The van der Waals surface area contributed by atoms with Gasteiger partial charge in [-0.25, -0.2) is 4.57 Å². The number of rotatable bonds is 5. The van der Waals surface area contributed by atoms with Gasteiger partial charge in [0, 0.05) is 64.9 Å². The van der Waals surface area contributed by atoms with Crippen molar-refractivity contribution in [3.8, 4) is 0 Å². The Morgan fingerprint density at radius 1 is 1.25 bits per heavy atom. The van der Waals surface area contributed by atoms with Crippen molar-refractivity contribution in [2.75, 3.05) is 0 Å². The summed E-state index contributed by atoms with van der Waals surface area (Å²) in [4.78, 5) is 0. The van der Waals surface area contributed by atoms with Crippen molar-refractivity contribution >= 4 is 77.6 Å². The molecule has 0 spiro atoms. The highest BCUT2D eigenvalue weighted by Crippen LogP contribution is 2.54. The minimum atomic E-state index is -0.757. The molecule has 0 N–H and O–H groups in total. The zero-order valence-electron chi connectivity index (χ0n) is 12.1. The van der Waals surface area contributed by atoms with E-state index in [1.165, 1.54) is 12.8 Å². The van der Waals surface area contributed by atoms with E-state index in [-0.39, 0.29) is 5.72 Å². The molecule has 0 amide bonds. The molecule has 1 aromatic rings. The summed E-state index contributed by atoms with van der Waals surface area (Å²) in [7, 11) is 33.2. The highest BCUT2D eigenvalue weighted by Gasteiger charge is 2.65. The molecular weight excluding hydrogens is 230 g/mol. The lowest BCUT2D eigenvalue weighted by Crippen LogP contribution is -2.55. The van der Waals surface area contributed by atoms with Gasteiger partial charge in [-0.15, -0.1) is 10.8 Å². The summed E-state index contributed by atoms with van der Waals surface area (Å²) in [6.45, 7) is 1.49. The van der Waals surface area contributed by atoms with E-state index in [1.54, 1.807) is 0 Å². The van der Waals surface area contributed by atoms with Crippen LogP contribution in [0.15, 0.2) is 24.4 Å². The van der Waals surface area contributed by atoms with Crippen LogP contribution < -0.4 is 10.2 Å². The smallest absolute Gasteiger partial charge is 0.215 e. The van der Waals surface area contributed by atoms with Crippen molar-refractivity contribution < 1.29 is 4.57 Å². The molecule has 2 heterocycles. The van der Waals surface area contributed by atoms with Crippen LogP contribution in [0.25, 0.3) is 0 Å². The van der Waals surface area contributed by atoms with E-state index in [1.807, 2.05) is 25.4 Å². The topological polar surface area (TPSA) is 3.88 Å². The predicted molar refractivity (Wildman–Crippen MR) is 97.1 cm³/mol. The van der Waals surface area contributed by atoms with Crippen molar-refractivity contribution in [3.63, 3.8) is 0 Å². The van der Waals surface area contributed by atoms with Gasteiger partial charge in [0.15, 0.2) is 6.20 Å². The average molecular weight is 241 g/mol. The number of nitrogens with zero attached hydrogens (tertiary/aromatic N) is 1. The zero-order valence-corrected chi connectivity index (χ0v) is 12.1. The monoisotopic (exact) mass is 243 g/mol. The first-order valence-corrected chi connectivity index (χ1v) is 6.91. The first-order valence-electron chi connectivity index (χ1n) is 6.91. The van der Waals surface area contributed by atoms with Gasteiger partial charge >= 0.3 is 0 Å². The first kappa shape index (κ1) is 16.2. The fourth-order valence-corrected chi connectivity index (χ4v) is 3.57. The predicted octanol–water partition coefficient (Wildman–Crippen LogP) is -2.99. The molecule has 1 saturated heterocycles. The van der Waals surface area contributed by atoms with Crippen LogP contribution >= 0.6 is 0 Å². The van der Waals surface area contributed by atoms with E-state index in [9.17, 15) is 0 Å². The number of hydrogen-bond acceptors (Lipinski definition) is 0. The van der Waals surface area contributed by atoms with Crippen LogP contribution in [-0.2, 0) is 7.05 Å². The zero-order chi connectivity index (χ0) is 15.1. The minimum Gasteiger partial charge on any atom is -0.215 e. The second-order valence-electron chi connectivity index (χ2n) is 5.87. The summed E-state index contributed by atoms with van der Waals surface area (Å²) in [5.41, 5.74) is 1.37. The maximum atomic E-state index is 5.96. The fraction of sp³-hybridized carbons (Fsp3) is 0.444. The van der Waals surface area contributed by atoms with Crippen molar-refractivity contribution in [2.45, 2.75) is 17.7 Å². The Balaban J connectivity index is 2.37. The van der Waals surface area contributed by atoms with Crippen LogP contribution in [0.1, 0.15) is 0 Å². The Morgan fingerprint density at radius 3 is 2.30 bits per heavy atom. The average Bonchev–Trinajstić information content (AvgIpc) is 3.02. The third-order valence-corrected chi connectivity index (χ3v) is 4.84. The van der Waals surface area contributed by atoms with E-state index in [4.69, 9.17) is 38.7 Å². The van der Waals surface area contributed by atoms with Crippen molar-refractivity contribution in [3.05, 3.63) is 24.4 Å². The SMILES string of the molecule is [B][B]C(B([B])[B])(B([B])[B])C1B(C)B1c1cccc[n+]1C. The Morgan fingerprint density at radius 2 is 1.85 bits per heavy atom. The summed E-state index contributed by atoms with van der Waals surface area (Å²) < 4.78 is 2.10. The van der Waals surface area contributed by atoms with E-state index < -0.39 is 18.1 Å². The van der Waals surface area contributed by atoms with Crippen LogP contribution in [0.3, 0.4) is 0 Å². The molecule has 0 bridgehead atoms. The molecule has 0 aliphatic carbocycles. The summed E-state index contributed by atoms with van der Waals surface area (Å²) in [6.07, 6.45) is 2.02. The fourth-order valence-electron chi connectivity index (χ4n) is 3.57. The van der Waals surface area contributed by atoms with E-state index in [2.05, 4.69) is 17.5 Å². The summed E-state index contributed by atoms with van der Waals surface area (Å²) >= 11 is 0. The molecule has 11 heteroatoms. The molecule has 1 unspecified atom stereocenters. The van der Waals surface area contributed by atoms with Gasteiger partial charge in [0.2, 0.25) is 6.60 Å². The van der Waals surface area contributed by atoms with Crippen molar-refractivity contribution in [1.29, 1.82) is 0 Å². The second-order valence-corrected chi connectivity index (χ2v) is 5.87. The van der Waals surface area contributed by atoms with Gasteiger partial charge in [0.1, 0.15) is 19.2 Å². The summed E-state index contributed by atoms with van der Waals surface area (Å²) in [5, 5.41) is -0.757. The number of aromatic nitrogens is 1. The van der Waals surface area contributed by atoms with Crippen LogP contribution in [-0.4, -0.2) is 72.1 Å². The maximum Gasteiger partial charge on any atom is 0.221 e. The van der Waals surface area contributed by atoms with E-state index >= 15 is 0 Å². The molecule has 1 aliphatic rings. The van der Waals surface area contributed by atoms with Crippen LogP contribution in [0.4, 0.5) is 0 Å². The minimum absolute atomic E-state index is 0.154. The Kier molecular flexibility index (Phi) is 4.76. The van der Waals surface area contributed by atoms with Crippen molar-refractivity contribution in [2.24, 2.45) is 7.05 Å². The van der Waals surface area contributed by atoms with Crippen molar-refractivity contribution in [1.82, 2.24) is 0 Å². The van der Waals surface area contributed by atoms with Gasteiger partial charge in [0.25, 0.3) is 0 Å². The quantitative estimate of drug-likeness (QED) is 0.382. The standard InChI is InChI=1S/C9H11B10N/c1-16-8(9(15-10,18(11)12)19(13)14)17(16)7-5-3-4-6-20(7)2/h3-6,8H,1-2H3/q+1. The van der Waals surface area contributed by atoms with Gasteiger partial charge in [0.05, 0.1) is 0 Å². The molecule has 1 nitrogen and oxygen atoms in total. The highest BCUT2D eigenvalue weighted by atomic mass is 14.9. The van der Waals surface area contributed by atoms with Gasteiger partial charge in [-0.05, 0) is 6.07 Å². The van der Waals surface area contributed by atoms with Crippen LogP contribution in [0.5, 0.6) is 0 Å². The molecule has 81 valence electrons. The molecule has 20 heavy (non-hydrogen) atoms.